The van der Waals surface area contributed by atoms with E-state index in [1.54, 1.807) is 48.5 Å². The summed E-state index contributed by atoms with van der Waals surface area (Å²) in [6, 6.07) is 19.5. The number of phenols is 1. The Bertz CT molecular complexity index is 1060. The maximum atomic E-state index is 12.7. The molecule has 0 fully saturated rings. The van der Waals surface area contributed by atoms with Crippen LogP contribution in [0.15, 0.2) is 82.1 Å². The van der Waals surface area contributed by atoms with Gasteiger partial charge in [-0.25, -0.2) is 0 Å². The van der Waals surface area contributed by atoms with Gasteiger partial charge in [0.2, 0.25) is 0 Å². The lowest BCUT2D eigenvalue weighted by molar-refractivity contribution is 0.476. The Kier molecular flexibility index (Phi) is 5.70. The minimum Gasteiger partial charge on any atom is -0.505 e. The molecule has 2 N–H and O–H groups in total. The zero-order chi connectivity index (χ0) is 19.4. The number of amidine groups is 1. The van der Waals surface area contributed by atoms with Gasteiger partial charge in [-0.15, -0.1) is 4.40 Å². The molecule has 0 spiro atoms. The molecule has 0 aromatic heterocycles. The summed E-state index contributed by atoms with van der Waals surface area (Å²) in [4.78, 5) is 0.0713. The molecule has 0 bridgehead atoms. The molecule has 0 amide bonds. The Morgan fingerprint density at radius 3 is 1.96 bits per heavy atom. The van der Waals surface area contributed by atoms with E-state index in [1.807, 2.05) is 0 Å². The quantitative estimate of drug-likeness (QED) is 0.355. The highest BCUT2D eigenvalue weighted by Crippen LogP contribution is 2.34. The van der Waals surface area contributed by atoms with E-state index in [0.29, 0.717) is 11.3 Å². The lowest BCUT2D eigenvalue weighted by Gasteiger charge is -2.12. The highest BCUT2D eigenvalue weighted by Gasteiger charge is 2.16. The second-order valence-electron chi connectivity index (χ2n) is 5.51. The number of sulfonamides is 1. The van der Waals surface area contributed by atoms with Crippen LogP contribution in [0.4, 0.5) is 5.69 Å². The van der Waals surface area contributed by atoms with Gasteiger partial charge in [-0.1, -0.05) is 71.7 Å². The minimum atomic E-state index is -3.95. The number of aromatic hydroxyl groups is 1. The van der Waals surface area contributed by atoms with Crippen molar-refractivity contribution in [2.75, 3.05) is 5.32 Å². The van der Waals surface area contributed by atoms with Crippen molar-refractivity contribution in [3.63, 3.8) is 0 Å². The van der Waals surface area contributed by atoms with Crippen LogP contribution in [0.5, 0.6) is 5.75 Å². The Morgan fingerprint density at radius 1 is 0.889 bits per heavy atom. The molecule has 138 valence electrons. The van der Waals surface area contributed by atoms with Gasteiger partial charge in [0.15, 0.2) is 11.6 Å². The first-order chi connectivity index (χ1) is 12.9. The molecular formula is C19H14Cl2N2O3S. The van der Waals surface area contributed by atoms with Gasteiger partial charge in [-0.3, -0.25) is 0 Å². The zero-order valence-corrected chi connectivity index (χ0v) is 16.1. The number of nitrogens with one attached hydrogen (secondary N) is 1. The summed E-state index contributed by atoms with van der Waals surface area (Å²) in [7, 11) is -3.95. The smallest absolute Gasteiger partial charge is 0.284 e. The van der Waals surface area contributed by atoms with E-state index in [0.717, 1.165) is 0 Å². The lowest BCUT2D eigenvalue weighted by atomic mass is 10.2. The summed E-state index contributed by atoms with van der Waals surface area (Å²) < 4.78 is 29.3. The Hall–Kier alpha value is -2.54. The van der Waals surface area contributed by atoms with Crippen LogP contribution in [-0.2, 0) is 10.0 Å². The number of nitrogens with zero attached hydrogens (tertiary/aromatic N) is 1. The fourth-order valence-electron chi connectivity index (χ4n) is 2.28. The van der Waals surface area contributed by atoms with Gasteiger partial charge in [0.1, 0.15) is 0 Å². The van der Waals surface area contributed by atoms with E-state index in [9.17, 15) is 13.5 Å². The van der Waals surface area contributed by atoms with Crippen molar-refractivity contribution < 1.29 is 13.5 Å². The van der Waals surface area contributed by atoms with Crippen LogP contribution in [0.3, 0.4) is 0 Å². The van der Waals surface area contributed by atoms with Crippen LogP contribution in [0.25, 0.3) is 0 Å². The first-order valence-electron chi connectivity index (χ1n) is 7.77. The van der Waals surface area contributed by atoms with E-state index in [4.69, 9.17) is 23.2 Å². The van der Waals surface area contributed by atoms with E-state index >= 15 is 0 Å². The van der Waals surface area contributed by atoms with Crippen molar-refractivity contribution >= 4 is 44.7 Å². The molecule has 0 unspecified atom stereocenters. The molecule has 0 aliphatic carbocycles. The fraction of sp³-hybridized carbons (Fsp3) is 0. The number of benzene rings is 3. The molecule has 3 rings (SSSR count). The summed E-state index contributed by atoms with van der Waals surface area (Å²) in [6.45, 7) is 0. The first kappa shape index (κ1) is 19.2. The Balaban J connectivity index is 2.08. The molecule has 0 atom stereocenters. The highest BCUT2D eigenvalue weighted by atomic mass is 35.5. The number of rotatable bonds is 4. The molecule has 0 aliphatic rings. The van der Waals surface area contributed by atoms with Crippen molar-refractivity contribution in [3.8, 4) is 5.75 Å². The van der Waals surface area contributed by atoms with Crippen molar-refractivity contribution in [1.29, 1.82) is 0 Å². The predicted molar refractivity (Wildman–Crippen MR) is 108 cm³/mol. The van der Waals surface area contributed by atoms with Crippen molar-refractivity contribution in [2.45, 2.75) is 4.90 Å². The summed E-state index contributed by atoms with van der Waals surface area (Å²) in [6.07, 6.45) is 0. The summed E-state index contributed by atoms with van der Waals surface area (Å²) in [5, 5.41) is 12.7. The van der Waals surface area contributed by atoms with Gasteiger partial charge in [0, 0.05) is 11.3 Å². The van der Waals surface area contributed by atoms with E-state index in [1.165, 1.54) is 24.3 Å². The normalized spacial score (nSPS) is 12.0. The van der Waals surface area contributed by atoms with Gasteiger partial charge >= 0.3 is 0 Å². The fourth-order valence-corrected chi connectivity index (χ4v) is 3.77. The molecule has 0 heterocycles. The van der Waals surface area contributed by atoms with Gasteiger partial charge < -0.3 is 10.4 Å². The summed E-state index contributed by atoms with van der Waals surface area (Å²) in [5.41, 5.74) is 0.936. The number of halogens is 2. The predicted octanol–water partition coefficient (Wildman–Crippen LogP) is 4.95. The van der Waals surface area contributed by atoms with E-state index < -0.39 is 10.0 Å². The van der Waals surface area contributed by atoms with Gasteiger partial charge in [-0.05, 0) is 24.3 Å². The highest BCUT2D eigenvalue weighted by molar-refractivity contribution is 7.90. The molecule has 27 heavy (non-hydrogen) atoms. The largest absolute Gasteiger partial charge is 0.505 e. The molecule has 0 saturated carbocycles. The number of hydrogen-bond donors (Lipinski definition) is 2. The third-order valence-electron chi connectivity index (χ3n) is 3.58. The van der Waals surface area contributed by atoms with Crippen molar-refractivity contribution in [3.05, 3.63) is 88.4 Å². The topological polar surface area (TPSA) is 78.8 Å². The second-order valence-corrected chi connectivity index (χ2v) is 7.93. The minimum absolute atomic E-state index is 0.0309. The maximum absolute atomic E-state index is 12.7. The average Bonchev–Trinajstić information content (AvgIpc) is 2.67. The number of anilines is 1. The molecule has 3 aromatic carbocycles. The van der Waals surface area contributed by atoms with E-state index in [-0.39, 0.29) is 26.5 Å². The van der Waals surface area contributed by atoms with Gasteiger partial charge in [0.25, 0.3) is 10.0 Å². The monoisotopic (exact) mass is 420 g/mol. The summed E-state index contributed by atoms with van der Waals surface area (Å²) >= 11 is 11.9. The van der Waals surface area contributed by atoms with Crippen LogP contribution in [0.1, 0.15) is 5.56 Å². The standard InChI is InChI=1S/C19H14Cl2N2O3S/c20-16-11-14(12-17(21)18(16)24)22-19(13-7-3-1-4-8-13)23-27(25,26)15-9-5-2-6-10-15/h1-12,24H,(H,22,23). The molecule has 0 saturated heterocycles. The van der Waals surface area contributed by atoms with Crippen molar-refractivity contribution in [2.24, 2.45) is 4.40 Å². The molecule has 3 aromatic rings. The summed E-state index contributed by atoms with van der Waals surface area (Å²) in [5.74, 6) is -0.156. The van der Waals surface area contributed by atoms with Crippen LogP contribution in [0.2, 0.25) is 10.0 Å². The molecular weight excluding hydrogens is 407 g/mol. The molecule has 8 heteroatoms. The second kappa shape index (κ2) is 8.00. The zero-order valence-electron chi connectivity index (χ0n) is 13.8. The lowest BCUT2D eigenvalue weighted by Crippen LogP contribution is -2.16. The SMILES string of the molecule is O=S(=O)(/N=C(\Nc1cc(Cl)c(O)c(Cl)c1)c1ccccc1)c1ccccc1. The first-order valence-corrected chi connectivity index (χ1v) is 9.97. The maximum Gasteiger partial charge on any atom is 0.284 e. The van der Waals surface area contributed by atoms with E-state index in [2.05, 4.69) is 9.71 Å². The molecule has 0 aliphatic heterocycles. The molecule has 0 radical (unpaired) electrons. The average molecular weight is 421 g/mol. The third kappa shape index (κ3) is 4.60. The molecule has 5 nitrogen and oxygen atoms in total. The van der Waals surface area contributed by atoms with Crippen LogP contribution in [-0.4, -0.2) is 19.4 Å². The third-order valence-corrected chi connectivity index (χ3v) is 5.45. The van der Waals surface area contributed by atoms with Crippen LogP contribution in [0, 0.1) is 0 Å². The van der Waals surface area contributed by atoms with Crippen LogP contribution >= 0.6 is 23.2 Å². The van der Waals surface area contributed by atoms with Crippen molar-refractivity contribution in [1.82, 2.24) is 0 Å². The number of phenolic OH excluding ortho intramolecular Hbond substituents is 1. The number of hydrogen-bond acceptors (Lipinski definition) is 3. The Morgan fingerprint density at radius 2 is 1.41 bits per heavy atom. The van der Waals surface area contributed by atoms with Gasteiger partial charge in [0.05, 0.1) is 14.9 Å². The Labute approximate surface area is 167 Å². The van der Waals surface area contributed by atoms with Gasteiger partial charge in [-0.2, -0.15) is 8.42 Å². The van der Waals surface area contributed by atoms with Crippen LogP contribution < -0.4 is 5.32 Å².